The molecule has 0 spiro atoms. The lowest BCUT2D eigenvalue weighted by atomic mass is 9.76. The number of aromatic nitrogens is 2. The van der Waals surface area contributed by atoms with E-state index in [1.807, 2.05) is 6.20 Å². The van der Waals surface area contributed by atoms with Gasteiger partial charge in [0.15, 0.2) is 0 Å². The van der Waals surface area contributed by atoms with E-state index in [2.05, 4.69) is 57.0 Å². The first-order valence-corrected chi connectivity index (χ1v) is 10.3. The summed E-state index contributed by atoms with van der Waals surface area (Å²) in [5.41, 5.74) is 3.09. The van der Waals surface area contributed by atoms with E-state index in [4.69, 9.17) is 4.74 Å². The number of hydrogen-bond acceptors (Lipinski definition) is 4. The van der Waals surface area contributed by atoms with Crippen LogP contribution in [0.15, 0.2) is 42.9 Å². The second-order valence-corrected chi connectivity index (χ2v) is 8.22. The van der Waals surface area contributed by atoms with E-state index in [0.29, 0.717) is 5.41 Å². The van der Waals surface area contributed by atoms with Gasteiger partial charge >= 0.3 is 0 Å². The van der Waals surface area contributed by atoms with E-state index >= 15 is 0 Å². The molecule has 0 bridgehead atoms. The normalized spacial score (nSPS) is 25.9. The fourth-order valence-corrected chi connectivity index (χ4v) is 5.04. The van der Waals surface area contributed by atoms with Gasteiger partial charge in [-0.1, -0.05) is 30.3 Å². The largest absolute Gasteiger partial charge is 0.380 e. The lowest BCUT2D eigenvalue weighted by Crippen LogP contribution is -2.35. The van der Waals surface area contributed by atoms with Crippen molar-refractivity contribution in [2.75, 3.05) is 45.9 Å². The van der Waals surface area contributed by atoms with Gasteiger partial charge in [-0.05, 0) is 31.2 Å². The number of nitrogens with one attached hydrogen (secondary N) is 1. The van der Waals surface area contributed by atoms with E-state index < -0.39 is 0 Å². The van der Waals surface area contributed by atoms with Crippen LogP contribution >= 0.6 is 0 Å². The minimum absolute atomic E-state index is 0.405. The van der Waals surface area contributed by atoms with Crippen molar-refractivity contribution < 1.29 is 4.74 Å². The smallest absolute Gasteiger partial charge is 0.0922 e. The average molecular weight is 369 g/mol. The number of ether oxygens (including phenoxy) is 1. The Morgan fingerprint density at radius 3 is 2.78 bits per heavy atom. The quantitative estimate of drug-likeness (QED) is 0.692. The molecule has 1 N–H and O–H groups in total. The second kappa shape index (κ2) is 8.55. The summed E-state index contributed by atoms with van der Waals surface area (Å²) in [6.07, 6.45) is 6.19. The van der Waals surface area contributed by atoms with Crippen LogP contribution in [0.5, 0.6) is 0 Å². The van der Waals surface area contributed by atoms with Crippen LogP contribution in [0.25, 0.3) is 0 Å². The van der Waals surface area contributed by atoms with Gasteiger partial charge in [-0.2, -0.15) is 0 Å². The Hall–Kier alpha value is -1.69. The molecular weight excluding hydrogens is 336 g/mol. The van der Waals surface area contributed by atoms with Gasteiger partial charge in [-0.15, -0.1) is 0 Å². The Bertz CT molecular complexity index is 690. The minimum atomic E-state index is 0.405. The number of benzene rings is 1. The van der Waals surface area contributed by atoms with Crippen molar-refractivity contribution in [1.82, 2.24) is 19.8 Å². The maximum Gasteiger partial charge on any atom is 0.0922 e. The molecule has 3 heterocycles. The summed E-state index contributed by atoms with van der Waals surface area (Å²) in [4.78, 5) is 12.7. The van der Waals surface area contributed by atoms with Crippen molar-refractivity contribution in [3.8, 4) is 0 Å². The van der Waals surface area contributed by atoms with E-state index in [9.17, 15) is 0 Å². The fourth-order valence-electron chi connectivity index (χ4n) is 5.04. The monoisotopic (exact) mass is 368 g/mol. The molecule has 0 saturated carbocycles. The number of H-pyrrole nitrogens is 1. The third kappa shape index (κ3) is 4.42. The van der Waals surface area contributed by atoms with Crippen LogP contribution in [0.1, 0.15) is 24.6 Å². The highest BCUT2D eigenvalue weighted by molar-refractivity contribution is 5.16. The Morgan fingerprint density at radius 1 is 1.19 bits per heavy atom. The van der Waals surface area contributed by atoms with Crippen molar-refractivity contribution in [3.63, 3.8) is 0 Å². The van der Waals surface area contributed by atoms with Gasteiger partial charge in [-0.25, -0.2) is 4.98 Å². The van der Waals surface area contributed by atoms with Crippen LogP contribution in [0.2, 0.25) is 0 Å². The molecule has 5 heteroatoms. The molecule has 2 aliphatic rings. The fraction of sp³-hybridized carbons (Fsp3) is 0.591. The number of imidazole rings is 1. The summed E-state index contributed by atoms with van der Waals surface area (Å²) in [6, 6.07) is 11.0. The summed E-state index contributed by atoms with van der Waals surface area (Å²) in [6.45, 7) is 10.6. The maximum atomic E-state index is 5.61. The Balaban J connectivity index is 1.42. The van der Waals surface area contributed by atoms with Crippen molar-refractivity contribution in [2.24, 2.45) is 11.3 Å². The number of likely N-dealkylation sites (tertiary alicyclic amines) is 2. The molecule has 0 aliphatic carbocycles. The molecule has 2 aromatic rings. The zero-order chi connectivity index (χ0) is 18.5. The molecule has 27 heavy (non-hydrogen) atoms. The Labute approximate surface area is 162 Å². The van der Waals surface area contributed by atoms with Gasteiger partial charge in [-0.3, -0.25) is 4.90 Å². The van der Waals surface area contributed by atoms with Crippen molar-refractivity contribution in [2.45, 2.75) is 26.3 Å². The molecule has 2 unspecified atom stereocenters. The average Bonchev–Trinajstić information content (AvgIpc) is 3.37. The van der Waals surface area contributed by atoms with Crippen molar-refractivity contribution >= 4 is 0 Å². The number of rotatable bonds is 9. The highest BCUT2D eigenvalue weighted by Crippen LogP contribution is 2.46. The minimum Gasteiger partial charge on any atom is -0.380 e. The number of aromatic amines is 1. The molecular formula is C22H32N4O. The van der Waals surface area contributed by atoms with E-state index in [-0.39, 0.29) is 0 Å². The first-order chi connectivity index (χ1) is 13.3. The SMILES string of the molecule is CCOCCN1CC2CN(Cc3cnc[nH]3)CC2(CCc2ccccc2)C1. The highest BCUT2D eigenvalue weighted by atomic mass is 16.5. The third-order valence-electron chi connectivity index (χ3n) is 6.36. The first kappa shape index (κ1) is 18.7. The van der Waals surface area contributed by atoms with Crippen LogP contribution in [-0.4, -0.2) is 65.7 Å². The summed E-state index contributed by atoms with van der Waals surface area (Å²) in [7, 11) is 0. The summed E-state index contributed by atoms with van der Waals surface area (Å²) >= 11 is 0. The van der Waals surface area contributed by atoms with E-state index in [0.717, 1.165) is 32.2 Å². The van der Waals surface area contributed by atoms with Crippen LogP contribution in [0, 0.1) is 11.3 Å². The molecule has 2 aliphatic heterocycles. The molecule has 1 aromatic heterocycles. The van der Waals surface area contributed by atoms with Crippen LogP contribution in [0.3, 0.4) is 0 Å². The lowest BCUT2D eigenvalue weighted by Gasteiger charge is -2.30. The van der Waals surface area contributed by atoms with Gasteiger partial charge in [0.2, 0.25) is 0 Å². The van der Waals surface area contributed by atoms with Crippen molar-refractivity contribution in [3.05, 3.63) is 54.1 Å². The molecule has 0 radical (unpaired) electrons. The number of aryl methyl sites for hydroxylation is 1. The molecule has 0 amide bonds. The zero-order valence-corrected chi connectivity index (χ0v) is 16.4. The maximum absolute atomic E-state index is 5.61. The van der Waals surface area contributed by atoms with Crippen LogP contribution < -0.4 is 0 Å². The molecule has 146 valence electrons. The third-order valence-corrected chi connectivity index (χ3v) is 6.36. The summed E-state index contributed by atoms with van der Waals surface area (Å²) in [5, 5.41) is 0. The lowest BCUT2D eigenvalue weighted by molar-refractivity contribution is 0.111. The molecule has 5 nitrogen and oxygen atoms in total. The van der Waals surface area contributed by atoms with Gasteiger partial charge < -0.3 is 14.6 Å². The highest BCUT2D eigenvalue weighted by Gasteiger charge is 2.51. The van der Waals surface area contributed by atoms with Gasteiger partial charge in [0.1, 0.15) is 0 Å². The molecule has 2 atom stereocenters. The number of fused-ring (bicyclic) bond motifs is 1. The van der Waals surface area contributed by atoms with Crippen LogP contribution in [-0.2, 0) is 17.7 Å². The van der Waals surface area contributed by atoms with Crippen molar-refractivity contribution in [1.29, 1.82) is 0 Å². The Morgan fingerprint density at radius 2 is 2.00 bits per heavy atom. The van der Waals surface area contributed by atoms with E-state index in [1.165, 1.54) is 50.3 Å². The molecule has 2 fully saturated rings. The molecule has 2 saturated heterocycles. The van der Waals surface area contributed by atoms with Gasteiger partial charge in [0.05, 0.1) is 12.9 Å². The summed E-state index contributed by atoms with van der Waals surface area (Å²) in [5.74, 6) is 0.755. The number of nitrogens with zero attached hydrogens (tertiary/aromatic N) is 3. The number of hydrogen-bond donors (Lipinski definition) is 1. The zero-order valence-electron chi connectivity index (χ0n) is 16.4. The predicted octanol–water partition coefficient (Wildman–Crippen LogP) is 2.81. The summed E-state index contributed by atoms with van der Waals surface area (Å²) < 4.78 is 5.61. The Kier molecular flexibility index (Phi) is 5.91. The van der Waals surface area contributed by atoms with Gasteiger partial charge in [0, 0.05) is 63.2 Å². The molecule has 1 aromatic carbocycles. The van der Waals surface area contributed by atoms with Crippen LogP contribution in [0.4, 0.5) is 0 Å². The standard InChI is InChI=1S/C22H32N4O/c1-2-27-11-10-25-13-20-14-26(15-21-12-23-18-24-21)17-22(20,16-25)9-8-19-6-4-3-5-7-19/h3-7,12,18,20H,2,8-11,13-17H2,1H3,(H,23,24). The topological polar surface area (TPSA) is 44.4 Å². The van der Waals surface area contributed by atoms with Gasteiger partial charge in [0.25, 0.3) is 0 Å². The predicted molar refractivity (Wildman–Crippen MR) is 107 cm³/mol. The first-order valence-electron chi connectivity index (χ1n) is 10.3. The van der Waals surface area contributed by atoms with E-state index in [1.54, 1.807) is 6.33 Å². The molecule has 4 rings (SSSR count). The second-order valence-electron chi connectivity index (χ2n) is 8.22.